The molecule has 2 rings (SSSR count). The van der Waals surface area contributed by atoms with Gasteiger partial charge in [0, 0.05) is 18.5 Å². The number of aromatic nitrogens is 2. The summed E-state index contributed by atoms with van der Waals surface area (Å²) in [5.41, 5.74) is 0.969. The lowest BCUT2D eigenvalue weighted by Gasteiger charge is -1.98. The van der Waals surface area contributed by atoms with Crippen LogP contribution in [0, 0.1) is 0 Å². The van der Waals surface area contributed by atoms with Gasteiger partial charge in [0.15, 0.2) is 5.78 Å². The van der Waals surface area contributed by atoms with Crippen molar-refractivity contribution in [1.29, 1.82) is 0 Å². The zero-order valence-corrected chi connectivity index (χ0v) is 10.5. The van der Waals surface area contributed by atoms with E-state index in [1.165, 1.54) is 24.5 Å². The highest BCUT2D eigenvalue weighted by atomic mass is 35.5. The van der Waals surface area contributed by atoms with E-state index < -0.39 is 0 Å². The lowest BCUT2D eigenvalue weighted by Crippen LogP contribution is -1.92. The first-order chi connectivity index (χ1) is 7.58. The average Bonchev–Trinajstić information content (AvgIpc) is 2.66. The van der Waals surface area contributed by atoms with Crippen molar-refractivity contribution in [3.8, 4) is 10.7 Å². The first kappa shape index (κ1) is 11.5. The van der Waals surface area contributed by atoms with E-state index in [-0.39, 0.29) is 5.78 Å². The van der Waals surface area contributed by atoms with Crippen LogP contribution in [0.2, 0.25) is 10.0 Å². The number of carbonyl (C=O) groups excluding carboxylic acids is 1. The molecular formula is C10H6Cl2N2OS. The number of hydrogen-bond donors (Lipinski definition) is 0. The van der Waals surface area contributed by atoms with E-state index in [1.54, 1.807) is 11.4 Å². The van der Waals surface area contributed by atoms with Crippen LogP contribution in [0.1, 0.15) is 17.4 Å². The smallest absolute Gasteiger partial charge is 0.178 e. The van der Waals surface area contributed by atoms with Crippen molar-refractivity contribution in [2.75, 3.05) is 0 Å². The zero-order valence-electron chi connectivity index (χ0n) is 8.20. The van der Waals surface area contributed by atoms with Gasteiger partial charge >= 0.3 is 0 Å². The molecule has 0 saturated carbocycles. The quantitative estimate of drug-likeness (QED) is 0.783. The summed E-state index contributed by atoms with van der Waals surface area (Å²) in [5.74, 6) is -0.0763. The third kappa shape index (κ3) is 2.24. The van der Waals surface area contributed by atoms with Gasteiger partial charge in [-0.2, -0.15) is 0 Å². The molecule has 0 aliphatic rings. The Bertz CT molecular complexity index is 554. The van der Waals surface area contributed by atoms with Crippen molar-refractivity contribution in [3.05, 3.63) is 33.4 Å². The number of hydrogen-bond acceptors (Lipinski definition) is 4. The molecule has 0 bridgehead atoms. The third-order valence-electron chi connectivity index (χ3n) is 1.88. The molecule has 0 unspecified atom stereocenters. The van der Waals surface area contributed by atoms with Crippen molar-refractivity contribution in [3.63, 3.8) is 0 Å². The summed E-state index contributed by atoms with van der Waals surface area (Å²) in [6.45, 7) is 1.47. The Hall–Kier alpha value is -0.970. The van der Waals surface area contributed by atoms with Gasteiger partial charge in [0.2, 0.25) is 0 Å². The predicted molar refractivity (Wildman–Crippen MR) is 65.4 cm³/mol. The molecule has 3 nitrogen and oxygen atoms in total. The van der Waals surface area contributed by atoms with Crippen LogP contribution in [0.15, 0.2) is 17.6 Å². The second-order valence-electron chi connectivity index (χ2n) is 3.08. The minimum Gasteiger partial charge on any atom is -0.293 e. The molecule has 0 atom stereocenters. The Morgan fingerprint density at radius 3 is 2.75 bits per heavy atom. The molecule has 6 heteroatoms. The largest absolute Gasteiger partial charge is 0.293 e. The molecule has 0 aromatic carbocycles. The van der Waals surface area contributed by atoms with Crippen LogP contribution in [-0.4, -0.2) is 15.8 Å². The van der Waals surface area contributed by atoms with E-state index in [9.17, 15) is 4.79 Å². The van der Waals surface area contributed by atoms with E-state index in [0.29, 0.717) is 26.4 Å². The molecule has 2 heterocycles. The topological polar surface area (TPSA) is 42.9 Å². The van der Waals surface area contributed by atoms with Crippen molar-refractivity contribution in [2.24, 2.45) is 0 Å². The Morgan fingerprint density at radius 2 is 2.19 bits per heavy atom. The maximum Gasteiger partial charge on any atom is 0.178 e. The summed E-state index contributed by atoms with van der Waals surface area (Å²) in [5, 5.41) is 3.20. The van der Waals surface area contributed by atoms with Crippen LogP contribution in [0.4, 0.5) is 0 Å². The highest BCUT2D eigenvalue weighted by Gasteiger charge is 2.12. The maximum absolute atomic E-state index is 11.1. The first-order valence-corrected chi connectivity index (χ1v) is 5.99. The Balaban J connectivity index is 2.46. The molecule has 0 spiro atoms. The minimum absolute atomic E-state index is 0.0763. The van der Waals surface area contributed by atoms with E-state index >= 15 is 0 Å². The van der Waals surface area contributed by atoms with Crippen molar-refractivity contribution >= 4 is 40.3 Å². The van der Waals surface area contributed by atoms with Crippen LogP contribution < -0.4 is 0 Å². The van der Waals surface area contributed by atoms with Gasteiger partial charge in [-0.3, -0.25) is 9.78 Å². The number of ketones is 1. The molecule has 0 fully saturated rings. The van der Waals surface area contributed by atoms with Gasteiger partial charge in [0.25, 0.3) is 0 Å². The maximum atomic E-state index is 11.1. The number of Topliss-reactive ketones (excluding diaryl/α,β-unsaturated/α-hetero) is 1. The molecular weight excluding hydrogens is 267 g/mol. The molecule has 0 aliphatic heterocycles. The summed E-state index contributed by atoms with van der Waals surface area (Å²) >= 11 is 13.1. The summed E-state index contributed by atoms with van der Waals surface area (Å²) in [4.78, 5) is 19.3. The normalized spacial score (nSPS) is 10.4. The van der Waals surface area contributed by atoms with Crippen LogP contribution in [-0.2, 0) is 0 Å². The molecule has 16 heavy (non-hydrogen) atoms. The van der Waals surface area contributed by atoms with E-state index in [0.717, 1.165) is 0 Å². The highest BCUT2D eigenvalue weighted by Crippen LogP contribution is 2.30. The fourth-order valence-corrected chi connectivity index (χ4v) is 2.51. The van der Waals surface area contributed by atoms with Crippen molar-refractivity contribution < 1.29 is 4.79 Å². The van der Waals surface area contributed by atoms with Gasteiger partial charge in [-0.1, -0.05) is 23.2 Å². The lowest BCUT2D eigenvalue weighted by molar-refractivity contribution is 0.101. The van der Waals surface area contributed by atoms with Gasteiger partial charge in [-0.25, -0.2) is 4.98 Å². The molecule has 0 N–H and O–H groups in total. The van der Waals surface area contributed by atoms with Crippen LogP contribution in [0.3, 0.4) is 0 Å². The predicted octanol–water partition coefficient (Wildman–Crippen LogP) is 3.71. The van der Waals surface area contributed by atoms with Gasteiger partial charge in [0.05, 0.1) is 10.0 Å². The molecule has 2 aromatic heterocycles. The molecule has 2 aromatic rings. The van der Waals surface area contributed by atoms with E-state index in [4.69, 9.17) is 23.2 Å². The van der Waals surface area contributed by atoms with Crippen LogP contribution >= 0.6 is 34.5 Å². The Kier molecular flexibility index (Phi) is 3.23. The third-order valence-corrected chi connectivity index (χ3v) is 3.22. The van der Waals surface area contributed by atoms with Crippen LogP contribution in [0.5, 0.6) is 0 Å². The monoisotopic (exact) mass is 272 g/mol. The Morgan fingerprint density at radius 1 is 1.44 bits per heavy atom. The van der Waals surface area contributed by atoms with Crippen molar-refractivity contribution in [2.45, 2.75) is 6.92 Å². The van der Waals surface area contributed by atoms with E-state index in [2.05, 4.69) is 9.97 Å². The van der Waals surface area contributed by atoms with Crippen LogP contribution in [0.25, 0.3) is 10.7 Å². The summed E-state index contributed by atoms with van der Waals surface area (Å²) in [7, 11) is 0. The molecule has 0 amide bonds. The summed E-state index contributed by atoms with van der Waals surface area (Å²) in [6, 6.07) is 1.60. The number of carbonyl (C=O) groups is 1. The number of pyridine rings is 1. The fraction of sp³-hybridized carbons (Fsp3) is 0.100. The summed E-state index contributed by atoms with van der Waals surface area (Å²) in [6.07, 6.45) is 1.50. The SMILES string of the molecule is CC(=O)c1csc(-c2ncc(Cl)cc2Cl)n1. The van der Waals surface area contributed by atoms with Gasteiger partial charge < -0.3 is 0 Å². The van der Waals surface area contributed by atoms with Gasteiger partial charge in [-0.15, -0.1) is 11.3 Å². The first-order valence-electron chi connectivity index (χ1n) is 4.36. The lowest BCUT2D eigenvalue weighted by atomic mass is 10.3. The average molecular weight is 273 g/mol. The van der Waals surface area contributed by atoms with Crippen molar-refractivity contribution in [1.82, 2.24) is 9.97 Å². The second-order valence-corrected chi connectivity index (χ2v) is 4.78. The second kappa shape index (κ2) is 4.49. The Labute approximate surface area is 106 Å². The fourth-order valence-electron chi connectivity index (χ4n) is 1.12. The molecule has 0 radical (unpaired) electrons. The summed E-state index contributed by atoms with van der Waals surface area (Å²) < 4.78 is 0. The number of halogens is 2. The molecule has 0 aliphatic carbocycles. The number of thiazole rings is 1. The molecule has 82 valence electrons. The van der Waals surface area contributed by atoms with Gasteiger partial charge in [0.1, 0.15) is 16.4 Å². The van der Waals surface area contributed by atoms with E-state index in [1.807, 2.05) is 0 Å². The standard InChI is InChI=1S/C10H6Cl2N2OS/c1-5(15)8-4-16-10(14-8)9-7(12)2-6(11)3-13-9/h2-4H,1H3. The number of nitrogens with zero attached hydrogens (tertiary/aromatic N) is 2. The minimum atomic E-state index is -0.0763. The molecule has 0 saturated heterocycles. The zero-order chi connectivity index (χ0) is 11.7. The van der Waals surface area contributed by atoms with Gasteiger partial charge in [-0.05, 0) is 6.07 Å². The number of rotatable bonds is 2. The highest BCUT2D eigenvalue weighted by molar-refractivity contribution is 7.13.